The smallest absolute Gasteiger partial charge is 0.329 e. The average Bonchev–Trinajstić information content (AvgIpc) is 3.27. The van der Waals surface area contributed by atoms with E-state index in [0.29, 0.717) is 23.6 Å². The molecule has 9 nitrogen and oxygen atoms in total. The minimum atomic E-state index is -0.447. The van der Waals surface area contributed by atoms with Crippen LogP contribution in [0.25, 0.3) is 11.2 Å². The van der Waals surface area contributed by atoms with Gasteiger partial charge >= 0.3 is 5.69 Å². The molecule has 1 fully saturated rings. The van der Waals surface area contributed by atoms with Crippen LogP contribution < -0.4 is 16.1 Å². The zero-order chi connectivity index (χ0) is 24.2. The van der Waals surface area contributed by atoms with E-state index in [1.54, 1.807) is 37.3 Å². The van der Waals surface area contributed by atoms with Gasteiger partial charge in [-0.15, -0.1) is 0 Å². The summed E-state index contributed by atoms with van der Waals surface area (Å²) in [7, 11) is 1.65. The molecular formula is C25H29N7O2S. The van der Waals surface area contributed by atoms with Crippen LogP contribution in [-0.2, 0) is 20.0 Å². The highest BCUT2D eigenvalue weighted by molar-refractivity contribution is 7.99. The molecule has 5 rings (SSSR count). The van der Waals surface area contributed by atoms with Gasteiger partial charge in [0.2, 0.25) is 5.95 Å². The fourth-order valence-electron chi connectivity index (χ4n) is 4.71. The number of aromatic nitrogens is 6. The van der Waals surface area contributed by atoms with E-state index in [4.69, 9.17) is 4.98 Å². The third-order valence-electron chi connectivity index (χ3n) is 6.55. The Balaban J connectivity index is 1.35. The molecule has 3 aromatic heterocycles. The van der Waals surface area contributed by atoms with Crippen LogP contribution in [0.1, 0.15) is 24.8 Å². The van der Waals surface area contributed by atoms with Crippen molar-refractivity contribution in [2.75, 3.05) is 23.7 Å². The van der Waals surface area contributed by atoms with Crippen molar-refractivity contribution in [3.8, 4) is 0 Å². The molecule has 1 N–H and O–H groups in total. The van der Waals surface area contributed by atoms with Gasteiger partial charge in [0.05, 0.1) is 0 Å². The number of thioether (sulfide) groups is 1. The van der Waals surface area contributed by atoms with Gasteiger partial charge in [-0.25, -0.2) is 14.8 Å². The number of hydrogen-bond donors (Lipinski definition) is 1. The quantitative estimate of drug-likeness (QED) is 0.230. The molecule has 1 aliphatic rings. The lowest BCUT2D eigenvalue weighted by atomic mass is 9.90. The lowest BCUT2D eigenvalue weighted by Gasteiger charge is -2.33. The van der Waals surface area contributed by atoms with Crippen LogP contribution in [0.5, 0.6) is 0 Å². The van der Waals surface area contributed by atoms with Gasteiger partial charge in [-0.3, -0.25) is 14.3 Å². The van der Waals surface area contributed by atoms with Gasteiger partial charge in [0.25, 0.3) is 5.56 Å². The second-order valence-electron chi connectivity index (χ2n) is 8.91. The van der Waals surface area contributed by atoms with Crippen LogP contribution in [0.2, 0.25) is 0 Å². The van der Waals surface area contributed by atoms with Gasteiger partial charge in [0.15, 0.2) is 16.3 Å². The summed E-state index contributed by atoms with van der Waals surface area (Å²) in [5, 5.41) is 0.740. The number of fused-ring (bicyclic) bond motifs is 1. The van der Waals surface area contributed by atoms with Crippen molar-refractivity contribution >= 4 is 28.9 Å². The number of piperidine rings is 1. The van der Waals surface area contributed by atoms with Crippen LogP contribution in [-0.4, -0.2) is 47.9 Å². The summed E-state index contributed by atoms with van der Waals surface area (Å²) in [6.07, 6.45) is 7.49. The second kappa shape index (κ2) is 10.5. The van der Waals surface area contributed by atoms with Crippen LogP contribution in [0.15, 0.2) is 63.5 Å². The molecule has 35 heavy (non-hydrogen) atoms. The summed E-state index contributed by atoms with van der Waals surface area (Å²) in [5.41, 5.74) is 1.42. The van der Waals surface area contributed by atoms with Gasteiger partial charge in [-0.1, -0.05) is 42.1 Å². The molecular weight excluding hydrogens is 462 g/mol. The molecule has 1 aliphatic heterocycles. The lowest BCUT2D eigenvalue weighted by molar-refractivity contribution is 0.398. The maximum Gasteiger partial charge on any atom is 0.329 e. The molecule has 0 spiro atoms. The topological polar surface area (TPSA) is 102 Å². The minimum Gasteiger partial charge on any atom is -0.342 e. The zero-order valence-corrected chi connectivity index (χ0v) is 20.6. The molecule has 0 unspecified atom stereocenters. The van der Waals surface area contributed by atoms with Crippen molar-refractivity contribution in [3.05, 3.63) is 75.2 Å². The van der Waals surface area contributed by atoms with E-state index in [9.17, 15) is 9.59 Å². The maximum absolute atomic E-state index is 12.8. The highest BCUT2D eigenvalue weighted by Gasteiger charge is 2.26. The Kier molecular flexibility index (Phi) is 6.98. The molecule has 4 heterocycles. The molecule has 1 saturated heterocycles. The van der Waals surface area contributed by atoms with Crippen molar-refractivity contribution in [2.45, 2.75) is 37.4 Å². The molecule has 0 atom stereocenters. The van der Waals surface area contributed by atoms with E-state index < -0.39 is 5.69 Å². The maximum atomic E-state index is 12.8. The number of rotatable bonds is 8. The normalized spacial score (nSPS) is 14.6. The van der Waals surface area contributed by atoms with Crippen LogP contribution in [0.4, 0.5) is 5.95 Å². The zero-order valence-electron chi connectivity index (χ0n) is 19.8. The highest BCUT2D eigenvalue weighted by atomic mass is 32.2. The summed E-state index contributed by atoms with van der Waals surface area (Å²) in [6.45, 7) is 2.37. The lowest BCUT2D eigenvalue weighted by Crippen LogP contribution is -2.36. The first-order chi connectivity index (χ1) is 17.1. The highest BCUT2D eigenvalue weighted by Crippen LogP contribution is 2.27. The predicted octanol–water partition coefficient (Wildman–Crippen LogP) is 2.85. The Morgan fingerprint density at radius 2 is 1.80 bits per heavy atom. The van der Waals surface area contributed by atoms with Crippen LogP contribution in [0, 0.1) is 5.92 Å². The first-order valence-electron chi connectivity index (χ1n) is 12.0. The van der Waals surface area contributed by atoms with Crippen molar-refractivity contribution in [3.63, 3.8) is 0 Å². The Morgan fingerprint density at radius 3 is 2.54 bits per heavy atom. The molecule has 0 bridgehead atoms. The van der Waals surface area contributed by atoms with Gasteiger partial charge < -0.3 is 9.47 Å². The summed E-state index contributed by atoms with van der Waals surface area (Å²) in [6, 6.07) is 12.4. The minimum absolute atomic E-state index is 0.389. The number of nitrogens with one attached hydrogen (secondary N) is 1. The average molecular weight is 492 g/mol. The molecule has 10 heteroatoms. The number of benzene rings is 1. The molecule has 1 aromatic carbocycles. The number of hydrogen-bond acceptors (Lipinski definition) is 7. The molecule has 0 amide bonds. The SMILES string of the molecule is Cn1c(=O)[nH]c(=O)c2c1nc(N1CCC(Cc3ccccc3)CC1)n2CCCSc1ncccn1. The van der Waals surface area contributed by atoms with Crippen molar-refractivity contribution in [2.24, 2.45) is 13.0 Å². The number of H-pyrrole nitrogens is 1. The van der Waals surface area contributed by atoms with Gasteiger partial charge in [-0.2, -0.15) is 4.98 Å². The van der Waals surface area contributed by atoms with Crippen molar-refractivity contribution < 1.29 is 0 Å². The number of aromatic amines is 1. The van der Waals surface area contributed by atoms with Crippen LogP contribution >= 0.6 is 11.8 Å². The summed E-state index contributed by atoms with van der Waals surface area (Å²) >= 11 is 1.59. The fraction of sp³-hybridized carbons (Fsp3) is 0.400. The first-order valence-corrected chi connectivity index (χ1v) is 13.0. The third kappa shape index (κ3) is 5.17. The number of nitrogens with zero attached hydrogens (tertiary/aromatic N) is 6. The Hall–Kier alpha value is -3.40. The fourth-order valence-corrected chi connectivity index (χ4v) is 5.43. The predicted molar refractivity (Wildman–Crippen MR) is 138 cm³/mol. The standard InChI is InChI=1S/C25H29N7O2S/c1-30-21-20(22(33)29-25(30)34)32(13-6-16-35-23-26-11-5-12-27-23)24(28-21)31-14-9-19(10-15-31)17-18-7-3-2-4-8-18/h2-5,7-8,11-12,19H,6,9-10,13-17H2,1H3,(H,29,33,34). The Labute approximate surface area is 207 Å². The van der Waals surface area contributed by atoms with Gasteiger partial charge in [0, 0.05) is 44.8 Å². The van der Waals surface area contributed by atoms with Gasteiger partial charge in [0.1, 0.15) is 0 Å². The van der Waals surface area contributed by atoms with Crippen molar-refractivity contribution in [1.29, 1.82) is 0 Å². The first kappa shape index (κ1) is 23.3. The van der Waals surface area contributed by atoms with Crippen molar-refractivity contribution in [1.82, 2.24) is 29.1 Å². The number of anilines is 1. The van der Waals surface area contributed by atoms with Crippen LogP contribution in [0.3, 0.4) is 0 Å². The summed E-state index contributed by atoms with van der Waals surface area (Å²) < 4.78 is 3.41. The monoisotopic (exact) mass is 491 g/mol. The van der Waals surface area contributed by atoms with E-state index in [-0.39, 0.29) is 5.56 Å². The Bertz CT molecular complexity index is 1390. The van der Waals surface area contributed by atoms with Gasteiger partial charge in [-0.05, 0) is 43.2 Å². The number of imidazole rings is 1. The second-order valence-corrected chi connectivity index (χ2v) is 9.97. The summed E-state index contributed by atoms with van der Waals surface area (Å²) in [5.74, 6) is 2.21. The third-order valence-corrected chi connectivity index (χ3v) is 7.51. The molecule has 4 aromatic rings. The molecule has 0 aliphatic carbocycles. The van der Waals surface area contributed by atoms with E-state index in [0.717, 1.165) is 55.6 Å². The van der Waals surface area contributed by atoms with E-state index in [1.165, 1.54) is 10.1 Å². The molecule has 0 saturated carbocycles. The van der Waals surface area contributed by atoms with E-state index in [1.807, 2.05) is 4.57 Å². The largest absolute Gasteiger partial charge is 0.342 e. The number of aryl methyl sites for hydroxylation is 2. The van der Waals surface area contributed by atoms with E-state index in [2.05, 4.69) is 50.2 Å². The summed E-state index contributed by atoms with van der Waals surface area (Å²) in [4.78, 5) is 43.0. The molecule has 0 radical (unpaired) electrons. The Morgan fingerprint density at radius 1 is 1.06 bits per heavy atom. The van der Waals surface area contributed by atoms with E-state index >= 15 is 0 Å². The molecule has 182 valence electrons.